The highest BCUT2D eigenvalue weighted by Crippen LogP contribution is 2.21. The number of ether oxygens (including phenoxy) is 1. The summed E-state index contributed by atoms with van der Waals surface area (Å²) in [5.74, 6) is 1.31. The Labute approximate surface area is 151 Å². The van der Waals surface area contributed by atoms with Crippen LogP contribution in [0.2, 0.25) is 0 Å². The Balaban J connectivity index is 1.72. The third-order valence-electron chi connectivity index (χ3n) is 3.81. The fourth-order valence-corrected chi connectivity index (χ4v) is 2.50. The maximum Gasteiger partial charge on any atom is 0.194 e. The number of rotatable bonds is 5. The van der Waals surface area contributed by atoms with Gasteiger partial charge in [0.1, 0.15) is 17.4 Å². The Morgan fingerprint density at radius 1 is 1.12 bits per heavy atom. The van der Waals surface area contributed by atoms with Crippen molar-refractivity contribution in [1.82, 2.24) is 4.98 Å². The first-order valence-electron chi connectivity index (χ1n) is 8.06. The Bertz CT molecular complexity index is 910. The molecule has 3 aromatic rings. The number of guanidine groups is 1. The summed E-state index contributed by atoms with van der Waals surface area (Å²) in [5, 5.41) is 2.97. The van der Waals surface area contributed by atoms with Gasteiger partial charge in [-0.2, -0.15) is 0 Å². The van der Waals surface area contributed by atoms with E-state index >= 15 is 0 Å². The number of hydrogen-bond donors (Lipinski definition) is 2. The van der Waals surface area contributed by atoms with Crippen LogP contribution in [0.3, 0.4) is 0 Å². The number of aliphatic imine (C=N–C) groups is 1. The molecule has 0 unspecified atom stereocenters. The molecular formula is C20H19FN4O. The number of nitrogens with one attached hydrogen (secondary N) is 1. The van der Waals surface area contributed by atoms with Crippen LogP contribution in [0.15, 0.2) is 71.9 Å². The van der Waals surface area contributed by atoms with Crippen molar-refractivity contribution < 1.29 is 9.13 Å². The summed E-state index contributed by atoms with van der Waals surface area (Å²) in [5.41, 5.74) is 8.69. The van der Waals surface area contributed by atoms with Crippen molar-refractivity contribution in [3.8, 4) is 16.9 Å². The second-order valence-electron chi connectivity index (χ2n) is 5.57. The van der Waals surface area contributed by atoms with Crippen molar-refractivity contribution in [2.75, 3.05) is 12.4 Å². The first-order chi connectivity index (χ1) is 12.7. The van der Waals surface area contributed by atoms with E-state index in [2.05, 4.69) is 15.3 Å². The first kappa shape index (κ1) is 17.4. The molecule has 0 radical (unpaired) electrons. The summed E-state index contributed by atoms with van der Waals surface area (Å²) in [7, 11) is 1.62. The maximum absolute atomic E-state index is 13.1. The van der Waals surface area contributed by atoms with Gasteiger partial charge in [0.2, 0.25) is 0 Å². The van der Waals surface area contributed by atoms with Crippen molar-refractivity contribution in [2.45, 2.75) is 6.54 Å². The van der Waals surface area contributed by atoms with E-state index in [0.29, 0.717) is 12.4 Å². The topological polar surface area (TPSA) is 72.5 Å². The van der Waals surface area contributed by atoms with E-state index in [-0.39, 0.29) is 11.8 Å². The van der Waals surface area contributed by atoms with E-state index in [1.165, 1.54) is 12.1 Å². The second kappa shape index (κ2) is 8.11. The Morgan fingerprint density at radius 3 is 2.65 bits per heavy atom. The molecule has 132 valence electrons. The van der Waals surface area contributed by atoms with Gasteiger partial charge in [0.25, 0.3) is 0 Å². The zero-order valence-corrected chi connectivity index (χ0v) is 14.3. The van der Waals surface area contributed by atoms with Gasteiger partial charge in [-0.05, 0) is 41.5 Å². The number of halogens is 1. The molecule has 2 aromatic carbocycles. The van der Waals surface area contributed by atoms with Crippen LogP contribution < -0.4 is 15.8 Å². The highest BCUT2D eigenvalue weighted by Gasteiger charge is 2.04. The molecule has 0 spiro atoms. The lowest BCUT2D eigenvalue weighted by Crippen LogP contribution is -2.23. The Morgan fingerprint density at radius 2 is 1.88 bits per heavy atom. The minimum atomic E-state index is -0.270. The van der Waals surface area contributed by atoms with E-state index in [1.807, 2.05) is 36.4 Å². The van der Waals surface area contributed by atoms with Gasteiger partial charge in [0.15, 0.2) is 5.96 Å². The van der Waals surface area contributed by atoms with Crippen LogP contribution in [0.4, 0.5) is 10.2 Å². The summed E-state index contributed by atoms with van der Waals surface area (Å²) >= 11 is 0. The first-order valence-corrected chi connectivity index (χ1v) is 8.06. The van der Waals surface area contributed by atoms with Crippen molar-refractivity contribution in [2.24, 2.45) is 10.7 Å². The molecule has 3 rings (SSSR count). The van der Waals surface area contributed by atoms with Gasteiger partial charge in [-0.3, -0.25) is 0 Å². The minimum Gasteiger partial charge on any atom is -0.496 e. The summed E-state index contributed by atoms with van der Waals surface area (Å²) in [6.07, 6.45) is 1.66. The van der Waals surface area contributed by atoms with E-state index < -0.39 is 0 Å². The molecule has 0 saturated carbocycles. The van der Waals surface area contributed by atoms with Gasteiger partial charge >= 0.3 is 0 Å². The lowest BCUT2D eigenvalue weighted by Gasteiger charge is -2.08. The zero-order chi connectivity index (χ0) is 18.4. The molecule has 0 amide bonds. The van der Waals surface area contributed by atoms with Crippen LogP contribution in [0.5, 0.6) is 5.75 Å². The maximum atomic E-state index is 13.1. The average molecular weight is 350 g/mol. The van der Waals surface area contributed by atoms with Crippen molar-refractivity contribution in [3.63, 3.8) is 0 Å². The Kier molecular flexibility index (Phi) is 5.43. The molecule has 3 N–H and O–H groups in total. The number of hydrogen-bond acceptors (Lipinski definition) is 3. The average Bonchev–Trinajstić information content (AvgIpc) is 2.67. The molecule has 26 heavy (non-hydrogen) atoms. The smallest absolute Gasteiger partial charge is 0.194 e. The third-order valence-corrected chi connectivity index (χ3v) is 3.81. The van der Waals surface area contributed by atoms with E-state index in [0.717, 1.165) is 22.4 Å². The second-order valence-corrected chi connectivity index (χ2v) is 5.57. The predicted molar refractivity (Wildman–Crippen MR) is 102 cm³/mol. The number of nitrogens with two attached hydrogens (primary N) is 1. The van der Waals surface area contributed by atoms with Crippen LogP contribution in [-0.4, -0.2) is 18.1 Å². The molecule has 0 aliphatic heterocycles. The molecule has 0 saturated heterocycles. The normalized spacial score (nSPS) is 11.2. The quantitative estimate of drug-likeness (QED) is 0.542. The summed E-state index contributed by atoms with van der Waals surface area (Å²) < 4.78 is 18.4. The van der Waals surface area contributed by atoms with Gasteiger partial charge in [-0.25, -0.2) is 14.4 Å². The molecule has 0 atom stereocenters. The standard InChI is InChI=1S/C20H19FN4O/c1-26-18-5-3-2-4-16(18)13-24-20(22)25-19-12-15(10-11-23-19)14-6-8-17(21)9-7-14/h2-12H,13H2,1H3,(H3,22,23,24,25). The number of para-hydroxylation sites is 1. The van der Waals surface area contributed by atoms with Crippen LogP contribution in [-0.2, 0) is 6.54 Å². The molecule has 6 heteroatoms. The highest BCUT2D eigenvalue weighted by molar-refractivity contribution is 5.91. The fourth-order valence-electron chi connectivity index (χ4n) is 2.50. The number of anilines is 1. The number of pyridine rings is 1. The van der Waals surface area contributed by atoms with Gasteiger partial charge < -0.3 is 15.8 Å². The van der Waals surface area contributed by atoms with Crippen LogP contribution in [0, 0.1) is 5.82 Å². The molecule has 0 fully saturated rings. The van der Waals surface area contributed by atoms with Crippen LogP contribution >= 0.6 is 0 Å². The van der Waals surface area contributed by atoms with Crippen LogP contribution in [0.1, 0.15) is 5.56 Å². The summed E-state index contributed by atoms with van der Waals surface area (Å²) in [6, 6.07) is 17.6. The summed E-state index contributed by atoms with van der Waals surface area (Å²) in [4.78, 5) is 8.57. The zero-order valence-electron chi connectivity index (χ0n) is 14.3. The van der Waals surface area contributed by atoms with Crippen molar-refractivity contribution >= 4 is 11.8 Å². The molecule has 0 bridgehead atoms. The lowest BCUT2D eigenvalue weighted by molar-refractivity contribution is 0.410. The monoisotopic (exact) mass is 350 g/mol. The Hall–Kier alpha value is -3.41. The molecule has 0 aliphatic rings. The number of benzene rings is 2. The predicted octanol–water partition coefficient (Wildman–Crippen LogP) is 3.82. The third kappa shape index (κ3) is 4.36. The number of aromatic nitrogens is 1. The van der Waals surface area contributed by atoms with E-state index in [1.54, 1.807) is 25.4 Å². The van der Waals surface area contributed by atoms with Gasteiger partial charge in [0.05, 0.1) is 13.7 Å². The number of methoxy groups -OCH3 is 1. The SMILES string of the molecule is COc1ccccc1CN=C(N)Nc1cc(-c2ccc(F)cc2)ccn1. The molecule has 1 heterocycles. The number of nitrogens with zero attached hydrogens (tertiary/aromatic N) is 2. The highest BCUT2D eigenvalue weighted by atomic mass is 19.1. The molecule has 1 aromatic heterocycles. The van der Waals surface area contributed by atoms with Gasteiger partial charge in [-0.15, -0.1) is 0 Å². The largest absolute Gasteiger partial charge is 0.496 e. The summed E-state index contributed by atoms with van der Waals surface area (Å²) in [6.45, 7) is 0.389. The minimum absolute atomic E-state index is 0.250. The molecule has 5 nitrogen and oxygen atoms in total. The van der Waals surface area contributed by atoms with E-state index in [9.17, 15) is 4.39 Å². The van der Waals surface area contributed by atoms with Crippen LogP contribution in [0.25, 0.3) is 11.1 Å². The van der Waals surface area contributed by atoms with E-state index in [4.69, 9.17) is 10.5 Å². The van der Waals surface area contributed by atoms with Gasteiger partial charge in [0, 0.05) is 11.8 Å². The molecule has 0 aliphatic carbocycles. The van der Waals surface area contributed by atoms with Gasteiger partial charge in [-0.1, -0.05) is 30.3 Å². The van der Waals surface area contributed by atoms with Crippen molar-refractivity contribution in [1.29, 1.82) is 0 Å². The van der Waals surface area contributed by atoms with Crippen molar-refractivity contribution in [3.05, 3.63) is 78.2 Å². The lowest BCUT2D eigenvalue weighted by atomic mass is 10.1. The fraction of sp³-hybridized carbons (Fsp3) is 0.100. The molecular weight excluding hydrogens is 331 g/mol.